The summed E-state index contributed by atoms with van der Waals surface area (Å²) in [5.41, 5.74) is 0.0922. The van der Waals surface area contributed by atoms with Crippen molar-refractivity contribution >= 4 is 29.1 Å². The molecule has 118 valence electrons. The number of halogens is 1. The third-order valence-corrected chi connectivity index (χ3v) is 4.17. The van der Waals surface area contributed by atoms with Crippen molar-refractivity contribution in [3.8, 4) is 0 Å². The van der Waals surface area contributed by atoms with Gasteiger partial charge in [-0.3, -0.25) is 9.59 Å². The summed E-state index contributed by atoms with van der Waals surface area (Å²) >= 11 is 5.96. The number of ether oxygens (including phenoxy) is 1. The summed E-state index contributed by atoms with van der Waals surface area (Å²) in [7, 11) is 0. The molecule has 0 radical (unpaired) electrons. The van der Waals surface area contributed by atoms with Crippen LogP contribution in [0.25, 0.3) is 0 Å². The number of carbonyl (C=O) groups excluding carboxylic acids is 2. The van der Waals surface area contributed by atoms with Crippen LogP contribution in [-0.4, -0.2) is 29.3 Å². The van der Waals surface area contributed by atoms with E-state index in [1.54, 1.807) is 25.1 Å². The van der Waals surface area contributed by atoms with Gasteiger partial charge in [0.25, 0.3) is 0 Å². The Morgan fingerprint density at radius 2 is 2.14 bits per heavy atom. The summed E-state index contributed by atoms with van der Waals surface area (Å²) < 4.78 is 5.03. The largest absolute Gasteiger partial charge is 0.466 e. The number of esters is 1. The van der Waals surface area contributed by atoms with E-state index in [2.05, 4.69) is 5.16 Å². The van der Waals surface area contributed by atoms with Gasteiger partial charge in [-0.2, -0.15) is 0 Å². The molecule has 0 saturated heterocycles. The molecule has 6 heteroatoms. The number of hydrogen-bond acceptors (Lipinski definition) is 5. The molecule has 1 aliphatic carbocycles. The highest BCUT2D eigenvalue weighted by Crippen LogP contribution is 2.44. The van der Waals surface area contributed by atoms with Gasteiger partial charge in [-0.05, 0) is 31.0 Å². The Labute approximate surface area is 133 Å². The second kappa shape index (κ2) is 6.48. The molecule has 0 aliphatic heterocycles. The van der Waals surface area contributed by atoms with Crippen molar-refractivity contribution in [2.24, 2.45) is 5.16 Å². The highest BCUT2D eigenvalue weighted by molar-refractivity contribution is 6.52. The Morgan fingerprint density at radius 1 is 1.41 bits per heavy atom. The lowest BCUT2D eigenvalue weighted by atomic mass is 9.74. The Bertz CT molecular complexity index is 641. The minimum Gasteiger partial charge on any atom is -0.466 e. The summed E-state index contributed by atoms with van der Waals surface area (Å²) in [6.07, 6.45) is 1.19. The lowest BCUT2D eigenvalue weighted by Crippen LogP contribution is -2.37. The molecule has 0 spiro atoms. The van der Waals surface area contributed by atoms with Crippen LogP contribution in [0.15, 0.2) is 23.4 Å². The second-order valence-corrected chi connectivity index (χ2v) is 5.72. The zero-order valence-electron chi connectivity index (χ0n) is 12.6. The van der Waals surface area contributed by atoms with Crippen molar-refractivity contribution in [3.63, 3.8) is 0 Å². The van der Waals surface area contributed by atoms with Gasteiger partial charge in [0.05, 0.1) is 18.4 Å². The highest BCUT2D eigenvalue weighted by atomic mass is 35.5. The van der Waals surface area contributed by atoms with Gasteiger partial charge < -0.3 is 9.94 Å². The highest BCUT2D eigenvalue weighted by Gasteiger charge is 2.51. The van der Waals surface area contributed by atoms with E-state index in [0.29, 0.717) is 29.0 Å². The average molecular weight is 324 g/mol. The number of oxime groups is 1. The minimum atomic E-state index is -0.952. The summed E-state index contributed by atoms with van der Waals surface area (Å²) in [5, 5.41) is 13.0. The lowest BCUT2D eigenvalue weighted by molar-refractivity contribution is -0.144. The molecule has 22 heavy (non-hydrogen) atoms. The van der Waals surface area contributed by atoms with E-state index < -0.39 is 17.2 Å². The molecular weight excluding hydrogens is 306 g/mol. The van der Waals surface area contributed by atoms with E-state index in [1.807, 2.05) is 6.92 Å². The summed E-state index contributed by atoms with van der Waals surface area (Å²) in [6.45, 7) is 3.92. The number of rotatable bonds is 5. The van der Waals surface area contributed by atoms with Crippen molar-refractivity contribution in [2.45, 2.75) is 38.5 Å². The number of nitrogens with zero attached hydrogens (tertiary/aromatic N) is 1. The molecular formula is C16H18ClNO4. The monoisotopic (exact) mass is 323 g/mol. The van der Waals surface area contributed by atoms with Crippen molar-refractivity contribution in [1.29, 1.82) is 0 Å². The molecule has 5 nitrogen and oxygen atoms in total. The third-order valence-electron chi connectivity index (χ3n) is 3.94. The minimum absolute atomic E-state index is 0.0142. The van der Waals surface area contributed by atoms with Crippen LogP contribution in [0.5, 0.6) is 0 Å². The number of fused-ring (bicyclic) bond motifs is 1. The molecule has 0 fully saturated rings. The third kappa shape index (κ3) is 2.61. The first-order valence-corrected chi connectivity index (χ1v) is 7.60. The Kier molecular flexibility index (Phi) is 4.86. The maximum atomic E-state index is 12.5. The zero-order chi connectivity index (χ0) is 16.3. The van der Waals surface area contributed by atoms with Gasteiger partial charge >= 0.3 is 5.97 Å². The van der Waals surface area contributed by atoms with Crippen LogP contribution >= 0.6 is 11.6 Å². The summed E-state index contributed by atoms with van der Waals surface area (Å²) in [4.78, 5) is 24.5. The van der Waals surface area contributed by atoms with Crippen LogP contribution in [0, 0.1) is 0 Å². The first kappa shape index (κ1) is 16.5. The molecule has 0 heterocycles. The molecule has 0 saturated carbocycles. The first-order chi connectivity index (χ1) is 10.5. The second-order valence-electron chi connectivity index (χ2n) is 5.28. The topological polar surface area (TPSA) is 76.0 Å². The van der Waals surface area contributed by atoms with E-state index in [-0.39, 0.29) is 18.7 Å². The van der Waals surface area contributed by atoms with Gasteiger partial charge in [0.15, 0.2) is 0 Å². The maximum absolute atomic E-state index is 12.5. The van der Waals surface area contributed by atoms with Crippen LogP contribution < -0.4 is 0 Å². The van der Waals surface area contributed by atoms with Crippen molar-refractivity contribution in [3.05, 3.63) is 34.3 Å². The fourth-order valence-electron chi connectivity index (χ4n) is 3.14. The molecule has 0 bridgehead atoms. The summed E-state index contributed by atoms with van der Waals surface area (Å²) in [5.74, 6) is -0.814. The molecule has 1 atom stereocenters. The van der Waals surface area contributed by atoms with E-state index in [0.717, 1.165) is 0 Å². The molecule has 0 amide bonds. The zero-order valence-corrected chi connectivity index (χ0v) is 13.3. The van der Waals surface area contributed by atoms with Gasteiger partial charge in [-0.25, -0.2) is 0 Å². The van der Waals surface area contributed by atoms with Crippen LogP contribution in [0.1, 0.15) is 49.0 Å². The standard InChI is InChI=1S/C16H18ClNO4/c1-3-7-16(9-13(19)22-4-2)12-6-5-10(17)8-11(12)14(20)15(16)18-21/h5-6,8,21H,3-4,7,9H2,1-2H3/b18-15-. The fraction of sp³-hybridized carbons (Fsp3) is 0.438. The predicted octanol–water partition coefficient (Wildman–Crippen LogP) is 3.36. The first-order valence-electron chi connectivity index (χ1n) is 7.23. The number of benzene rings is 1. The average Bonchev–Trinajstić information content (AvgIpc) is 2.68. The van der Waals surface area contributed by atoms with Crippen LogP contribution in [0.3, 0.4) is 0 Å². The molecule has 0 aromatic heterocycles. The van der Waals surface area contributed by atoms with Gasteiger partial charge in [0.1, 0.15) is 5.71 Å². The molecule has 1 aromatic carbocycles. The molecule has 1 N–H and O–H groups in total. The van der Waals surface area contributed by atoms with Crippen LogP contribution in [0.2, 0.25) is 5.02 Å². The Morgan fingerprint density at radius 3 is 2.73 bits per heavy atom. The SMILES string of the molecule is CCCC1(CC(=O)OCC)/C(=N\O)C(=O)c2cc(Cl)ccc21. The van der Waals surface area contributed by atoms with E-state index in [4.69, 9.17) is 16.3 Å². The molecule has 1 unspecified atom stereocenters. The van der Waals surface area contributed by atoms with Crippen LogP contribution in [0.4, 0.5) is 0 Å². The van der Waals surface area contributed by atoms with Gasteiger partial charge in [0, 0.05) is 10.6 Å². The normalized spacial score (nSPS) is 22.0. The van der Waals surface area contributed by atoms with E-state index >= 15 is 0 Å². The van der Waals surface area contributed by atoms with Crippen LogP contribution in [-0.2, 0) is 14.9 Å². The van der Waals surface area contributed by atoms with E-state index in [9.17, 15) is 14.8 Å². The predicted molar refractivity (Wildman–Crippen MR) is 82.8 cm³/mol. The number of hydrogen-bond donors (Lipinski definition) is 1. The van der Waals surface area contributed by atoms with Crippen molar-refractivity contribution in [2.75, 3.05) is 6.61 Å². The van der Waals surface area contributed by atoms with Gasteiger partial charge in [-0.15, -0.1) is 0 Å². The Balaban J connectivity index is 2.60. The van der Waals surface area contributed by atoms with Crippen molar-refractivity contribution in [1.82, 2.24) is 0 Å². The Hall–Kier alpha value is -1.88. The number of ketones is 1. The molecule has 1 aliphatic rings. The molecule has 2 rings (SSSR count). The maximum Gasteiger partial charge on any atom is 0.307 e. The summed E-state index contributed by atoms with van der Waals surface area (Å²) in [6, 6.07) is 4.94. The number of carbonyl (C=O) groups is 2. The van der Waals surface area contributed by atoms with E-state index in [1.165, 1.54) is 0 Å². The number of Topliss-reactive ketones (excluding diaryl/α,β-unsaturated/α-hetero) is 1. The quantitative estimate of drug-likeness (QED) is 0.512. The van der Waals surface area contributed by atoms with Crippen molar-refractivity contribution < 1.29 is 19.5 Å². The van der Waals surface area contributed by atoms with Gasteiger partial charge in [-0.1, -0.05) is 36.2 Å². The van der Waals surface area contributed by atoms with Gasteiger partial charge in [0.2, 0.25) is 5.78 Å². The lowest BCUT2D eigenvalue weighted by Gasteiger charge is -2.28. The smallest absolute Gasteiger partial charge is 0.307 e. The fourth-order valence-corrected chi connectivity index (χ4v) is 3.31. The molecule has 1 aromatic rings.